The van der Waals surface area contributed by atoms with Gasteiger partial charge in [0.25, 0.3) is 0 Å². The van der Waals surface area contributed by atoms with Gasteiger partial charge in [-0.2, -0.15) is 0 Å². The summed E-state index contributed by atoms with van der Waals surface area (Å²) in [7, 11) is 7.34. The Morgan fingerprint density at radius 2 is 2.00 bits per heavy atom. The number of hydrogen-bond donors (Lipinski definition) is 0. The zero-order chi connectivity index (χ0) is 17.4. The standard InChI is InChI=1S/C20H25NO4/c1-21-10-9-19-13-7-8-20(23-3,24-4)18(19)25-17-15(22-2)6-5-12(16(17)19)11-14(13)21/h5-8,13-14,18H,9-11H2,1-4H3/t13?,14-,18-,19+/m1/s1. The molecule has 4 atom stereocenters. The van der Waals surface area contributed by atoms with Gasteiger partial charge in [0.15, 0.2) is 17.6 Å². The van der Waals surface area contributed by atoms with Crippen LogP contribution < -0.4 is 9.47 Å². The first-order valence-corrected chi connectivity index (χ1v) is 8.98. The summed E-state index contributed by atoms with van der Waals surface area (Å²) in [5, 5.41) is 0. The van der Waals surface area contributed by atoms with Gasteiger partial charge in [0, 0.05) is 31.7 Å². The van der Waals surface area contributed by atoms with Gasteiger partial charge < -0.3 is 23.8 Å². The molecule has 0 N–H and O–H groups in total. The number of piperidine rings is 1. The van der Waals surface area contributed by atoms with Gasteiger partial charge in [-0.05, 0) is 44.1 Å². The molecule has 2 aliphatic carbocycles. The molecule has 5 nitrogen and oxygen atoms in total. The largest absolute Gasteiger partial charge is 0.493 e. The molecule has 25 heavy (non-hydrogen) atoms. The van der Waals surface area contributed by atoms with Gasteiger partial charge in [-0.15, -0.1) is 0 Å². The van der Waals surface area contributed by atoms with E-state index in [1.165, 1.54) is 11.1 Å². The molecule has 134 valence electrons. The van der Waals surface area contributed by atoms with Crippen LogP contribution in [0.15, 0.2) is 24.3 Å². The van der Waals surface area contributed by atoms with Crippen LogP contribution in [-0.4, -0.2) is 57.8 Å². The highest BCUT2D eigenvalue weighted by molar-refractivity contribution is 5.62. The highest BCUT2D eigenvalue weighted by Crippen LogP contribution is 2.64. The van der Waals surface area contributed by atoms with E-state index < -0.39 is 5.79 Å². The Kier molecular flexibility index (Phi) is 3.13. The monoisotopic (exact) mass is 343 g/mol. The van der Waals surface area contributed by atoms with Crippen LogP contribution in [0.1, 0.15) is 17.5 Å². The molecule has 4 aliphatic rings. The van der Waals surface area contributed by atoms with E-state index in [2.05, 4.69) is 30.2 Å². The number of hydrogen-bond acceptors (Lipinski definition) is 5. The lowest BCUT2D eigenvalue weighted by atomic mass is 9.52. The van der Waals surface area contributed by atoms with E-state index >= 15 is 0 Å². The first kappa shape index (κ1) is 15.7. The molecule has 0 aromatic heterocycles. The fraction of sp³-hybridized carbons (Fsp3) is 0.600. The summed E-state index contributed by atoms with van der Waals surface area (Å²) in [5.74, 6) is 1.23. The normalized spacial score (nSPS) is 36.7. The Bertz CT molecular complexity index is 756. The third-order valence-corrected chi connectivity index (χ3v) is 7.02. The Labute approximate surface area is 148 Å². The summed E-state index contributed by atoms with van der Waals surface area (Å²) in [4.78, 5) is 2.50. The molecule has 1 saturated heterocycles. The van der Waals surface area contributed by atoms with Crippen molar-refractivity contribution in [3.05, 3.63) is 35.4 Å². The molecular formula is C20H25NO4. The molecule has 2 bridgehead atoms. The minimum absolute atomic E-state index is 0.116. The minimum atomic E-state index is -0.865. The average Bonchev–Trinajstić information content (AvgIpc) is 3.00. The molecule has 1 spiro atoms. The van der Waals surface area contributed by atoms with Crippen molar-refractivity contribution in [1.82, 2.24) is 4.90 Å². The number of likely N-dealkylation sites (tertiary alicyclic amines) is 1. The van der Waals surface area contributed by atoms with Crippen molar-refractivity contribution in [3.63, 3.8) is 0 Å². The van der Waals surface area contributed by atoms with Crippen LogP contribution >= 0.6 is 0 Å². The van der Waals surface area contributed by atoms with E-state index in [1.54, 1.807) is 21.3 Å². The molecular weight excluding hydrogens is 318 g/mol. The Hall–Kier alpha value is -1.56. The Morgan fingerprint density at radius 1 is 1.20 bits per heavy atom. The second-order valence-corrected chi connectivity index (χ2v) is 7.69. The maximum Gasteiger partial charge on any atom is 0.226 e. The lowest BCUT2D eigenvalue weighted by Crippen LogP contribution is -2.68. The fourth-order valence-electron chi connectivity index (χ4n) is 5.83. The lowest BCUT2D eigenvalue weighted by molar-refractivity contribution is -0.244. The van der Waals surface area contributed by atoms with Crippen LogP contribution in [0.3, 0.4) is 0 Å². The highest BCUT2D eigenvalue weighted by Gasteiger charge is 2.68. The Balaban J connectivity index is 1.82. The van der Waals surface area contributed by atoms with Gasteiger partial charge in [0.2, 0.25) is 5.79 Å². The second-order valence-electron chi connectivity index (χ2n) is 7.69. The van der Waals surface area contributed by atoms with Crippen molar-refractivity contribution in [1.29, 1.82) is 0 Å². The minimum Gasteiger partial charge on any atom is -0.493 e. The number of rotatable bonds is 3. The van der Waals surface area contributed by atoms with Crippen LogP contribution in [0.4, 0.5) is 0 Å². The third kappa shape index (κ3) is 1.65. The quantitative estimate of drug-likeness (QED) is 0.621. The molecule has 1 aromatic carbocycles. The zero-order valence-electron chi connectivity index (χ0n) is 15.2. The van der Waals surface area contributed by atoms with Crippen molar-refractivity contribution in [2.75, 3.05) is 34.9 Å². The molecule has 1 fully saturated rings. The fourth-order valence-corrected chi connectivity index (χ4v) is 5.83. The van der Waals surface area contributed by atoms with Gasteiger partial charge in [-0.25, -0.2) is 0 Å². The van der Waals surface area contributed by atoms with Crippen LogP contribution in [0.25, 0.3) is 0 Å². The first-order chi connectivity index (χ1) is 12.1. The SMILES string of the molecule is COc1ccc2c3c1O[C@H]1C(OC)(OC)C=CC4[C@@H](C2)N(C)CC[C@@]341. The number of nitrogens with zero attached hydrogens (tertiary/aromatic N) is 1. The molecule has 2 heterocycles. The third-order valence-electron chi connectivity index (χ3n) is 7.02. The summed E-state index contributed by atoms with van der Waals surface area (Å²) in [5.41, 5.74) is 2.59. The molecule has 0 saturated carbocycles. The predicted molar refractivity (Wildman–Crippen MR) is 93.2 cm³/mol. The smallest absolute Gasteiger partial charge is 0.226 e. The van der Waals surface area contributed by atoms with Gasteiger partial charge in [0.05, 0.1) is 12.5 Å². The average molecular weight is 343 g/mol. The summed E-state index contributed by atoms with van der Waals surface area (Å²) in [6.45, 7) is 1.05. The van der Waals surface area contributed by atoms with E-state index in [4.69, 9.17) is 18.9 Å². The van der Waals surface area contributed by atoms with Crippen LogP contribution in [0.5, 0.6) is 11.5 Å². The van der Waals surface area contributed by atoms with E-state index in [-0.39, 0.29) is 11.5 Å². The van der Waals surface area contributed by atoms with Gasteiger partial charge in [-0.3, -0.25) is 0 Å². The van der Waals surface area contributed by atoms with Gasteiger partial charge in [0.1, 0.15) is 0 Å². The number of methoxy groups -OCH3 is 3. The molecule has 1 unspecified atom stereocenters. The van der Waals surface area contributed by atoms with E-state index in [9.17, 15) is 0 Å². The van der Waals surface area contributed by atoms with E-state index in [0.717, 1.165) is 30.9 Å². The summed E-state index contributed by atoms with van der Waals surface area (Å²) >= 11 is 0. The van der Waals surface area contributed by atoms with Crippen molar-refractivity contribution in [2.45, 2.75) is 36.2 Å². The summed E-state index contributed by atoms with van der Waals surface area (Å²) in [6.07, 6.45) is 6.25. The topological polar surface area (TPSA) is 40.2 Å². The zero-order valence-corrected chi connectivity index (χ0v) is 15.2. The summed E-state index contributed by atoms with van der Waals surface area (Å²) in [6, 6.07) is 4.73. The van der Waals surface area contributed by atoms with Crippen molar-refractivity contribution < 1.29 is 18.9 Å². The van der Waals surface area contributed by atoms with Gasteiger partial charge in [-0.1, -0.05) is 12.1 Å². The first-order valence-electron chi connectivity index (χ1n) is 8.98. The molecule has 5 heteroatoms. The number of likely N-dealkylation sites (N-methyl/N-ethyl adjacent to an activating group) is 1. The van der Waals surface area contributed by atoms with Gasteiger partial charge >= 0.3 is 0 Å². The van der Waals surface area contributed by atoms with Crippen LogP contribution in [0, 0.1) is 5.92 Å². The maximum atomic E-state index is 6.59. The molecule has 0 radical (unpaired) electrons. The number of ether oxygens (including phenoxy) is 4. The molecule has 2 aliphatic heterocycles. The second kappa shape index (κ2) is 5.00. The molecule has 0 amide bonds. The summed E-state index contributed by atoms with van der Waals surface area (Å²) < 4.78 is 24.0. The maximum absolute atomic E-state index is 6.59. The Morgan fingerprint density at radius 3 is 2.72 bits per heavy atom. The van der Waals surface area contributed by atoms with E-state index in [1.807, 2.05) is 6.07 Å². The lowest BCUT2D eigenvalue weighted by Gasteiger charge is -2.58. The highest BCUT2D eigenvalue weighted by atomic mass is 16.7. The predicted octanol–water partition coefficient (Wildman–Crippen LogP) is 2.13. The van der Waals surface area contributed by atoms with Crippen molar-refractivity contribution in [2.24, 2.45) is 5.92 Å². The van der Waals surface area contributed by atoms with E-state index in [0.29, 0.717) is 12.0 Å². The van der Waals surface area contributed by atoms with Crippen LogP contribution in [0.2, 0.25) is 0 Å². The number of benzene rings is 1. The van der Waals surface area contributed by atoms with Crippen molar-refractivity contribution >= 4 is 0 Å². The molecule has 1 aromatic rings. The molecule has 5 rings (SSSR count). The van der Waals surface area contributed by atoms with Crippen molar-refractivity contribution in [3.8, 4) is 11.5 Å². The van der Waals surface area contributed by atoms with Crippen LogP contribution in [-0.2, 0) is 21.3 Å².